The van der Waals surface area contributed by atoms with Gasteiger partial charge in [-0.3, -0.25) is 14.4 Å². The monoisotopic (exact) mass is 524 g/mol. The topological polar surface area (TPSA) is 107 Å². The Labute approximate surface area is 220 Å². The normalized spacial score (nSPS) is 28.7. The molecule has 0 aromatic heterocycles. The molecular weight excluding hydrogens is 496 g/mol. The van der Waals surface area contributed by atoms with Gasteiger partial charge in [0.1, 0.15) is 11.6 Å². The van der Waals surface area contributed by atoms with Gasteiger partial charge in [0, 0.05) is 6.54 Å². The van der Waals surface area contributed by atoms with Crippen molar-refractivity contribution >= 4 is 35.1 Å². The SMILES string of the molecule is C=CCN(C(=O)[C@H]1N([C@@H](CO)Cc2ccccc2)C(=O)[C@@H]2[C@@H](C(=O)O)[C@H]3CC[C@]21O3)c1ccccc1Cl. The standard InChI is InChI=1S/C28H29ClN2O6/c1-2-14-30(20-11-7-6-10-19(20)29)26(34)24-28-13-12-21(37-28)22(27(35)36)23(28)25(33)31(24)18(16-32)15-17-8-4-3-5-9-17/h2-11,18,21-24,32H,1,12-16H2,(H,35,36)/t18-,21-,22+,23+,24-,28+/m1/s1. The number of carboxylic acid groups (broad SMARTS) is 1. The van der Waals surface area contributed by atoms with E-state index >= 15 is 0 Å². The second kappa shape index (κ2) is 9.93. The van der Waals surface area contributed by atoms with E-state index in [0.29, 0.717) is 30.0 Å². The van der Waals surface area contributed by atoms with Gasteiger partial charge in [-0.25, -0.2) is 0 Å². The van der Waals surface area contributed by atoms with Crippen LogP contribution in [0.5, 0.6) is 0 Å². The van der Waals surface area contributed by atoms with Crippen LogP contribution in [0.1, 0.15) is 18.4 Å². The molecule has 194 valence electrons. The Bertz CT molecular complexity index is 1220. The number of halogens is 1. The van der Waals surface area contributed by atoms with Crippen molar-refractivity contribution in [2.45, 2.75) is 43.1 Å². The van der Waals surface area contributed by atoms with Crippen LogP contribution in [0.2, 0.25) is 5.02 Å². The van der Waals surface area contributed by atoms with E-state index in [1.807, 2.05) is 30.3 Å². The largest absolute Gasteiger partial charge is 0.481 e. The number of para-hydroxylation sites is 1. The summed E-state index contributed by atoms with van der Waals surface area (Å²) in [7, 11) is 0. The van der Waals surface area contributed by atoms with Crippen LogP contribution in [0.3, 0.4) is 0 Å². The van der Waals surface area contributed by atoms with E-state index < -0.39 is 60.0 Å². The fraction of sp³-hybridized carbons (Fsp3) is 0.393. The second-order valence-electron chi connectivity index (χ2n) is 9.85. The highest BCUT2D eigenvalue weighted by Gasteiger charge is 2.75. The summed E-state index contributed by atoms with van der Waals surface area (Å²) in [6.07, 6.45) is 2.04. The maximum atomic E-state index is 14.4. The van der Waals surface area contributed by atoms with E-state index in [1.165, 1.54) is 9.80 Å². The van der Waals surface area contributed by atoms with Gasteiger partial charge in [-0.15, -0.1) is 6.58 Å². The lowest BCUT2D eigenvalue weighted by Gasteiger charge is -2.39. The summed E-state index contributed by atoms with van der Waals surface area (Å²) in [5.41, 5.74) is 0.0311. The summed E-state index contributed by atoms with van der Waals surface area (Å²) in [6, 6.07) is 14.4. The molecule has 3 saturated heterocycles. The predicted octanol–water partition coefficient (Wildman–Crippen LogP) is 2.92. The number of rotatable bonds is 9. The molecule has 3 aliphatic rings. The van der Waals surface area contributed by atoms with E-state index in [4.69, 9.17) is 16.3 Å². The van der Waals surface area contributed by atoms with Crippen molar-refractivity contribution in [3.8, 4) is 0 Å². The lowest BCUT2D eigenvalue weighted by atomic mass is 9.70. The third-order valence-corrected chi connectivity index (χ3v) is 8.22. The molecule has 1 spiro atoms. The summed E-state index contributed by atoms with van der Waals surface area (Å²) in [4.78, 5) is 43.6. The third-order valence-electron chi connectivity index (χ3n) is 7.90. The van der Waals surface area contributed by atoms with Gasteiger partial charge >= 0.3 is 5.97 Å². The molecule has 8 nitrogen and oxygen atoms in total. The molecule has 3 heterocycles. The Morgan fingerprint density at radius 1 is 1.22 bits per heavy atom. The Morgan fingerprint density at radius 3 is 2.57 bits per heavy atom. The number of ether oxygens (including phenoxy) is 1. The molecule has 6 atom stereocenters. The van der Waals surface area contributed by atoms with Gasteiger partial charge in [-0.2, -0.15) is 0 Å². The molecule has 9 heteroatoms. The van der Waals surface area contributed by atoms with Gasteiger partial charge in [0.2, 0.25) is 5.91 Å². The molecule has 5 rings (SSSR count). The van der Waals surface area contributed by atoms with Gasteiger partial charge in [-0.05, 0) is 37.0 Å². The first-order valence-electron chi connectivity index (χ1n) is 12.4. The van der Waals surface area contributed by atoms with Crippen LogP contribution in [0.25, 0.3) is 0 Å². The molecule has 0 radical (unpaired) electrons. The number of carbonyl (C=O) groups is 3. The minimum atomic E-state index is -1.30. The van der Waals surface area contributed by atoms with Gasteiger partial charge in [-0.1, -0.05) is 60.1 Å². The highest BCUT2D eigenvalue weighted by molar-refractivity contribution is 6.34. The zero-order chi connectivity index (χ0) is 26.3. The van der Waals surface area contributed by atoms with Crippen LogP contribution < -0.4 is 4.90 Å². The quantitative estimate of drug-likeness (QED) is 0.488. The van der Waals surface area contributed by atoms with E-state index in [-0.39, 0.29) is 6.54 Å². The van der Waals surface area contributed by atoms with Crippen LogP contribution in [-0.4, -0.2) is 69.8 Å². The number of carboxylic acids is 1. The average Bonchev–Trinajstić information content (AvgIpc) is 3.54. The van der Waals surface area contributed by atoms with Crippen LogP contribution >= 0.6 is 11.6 Å². The number of aliphatic carboxylic acids is 1. The third kappa shape index (κ3) is 4.04. The fourth-order valence-electron chi connectivity index (χ4n) is 6.44. The number of benzene rings is 2. The summed E-state index contributed by atoms with van der Waals surface area (Å²) < 4.78 is 6.30. The Kier molecular flexibility index (Phi) is 6.83. The molecule has 0 saturated carbocycles. The van der Waals surface area contributed by atoms with Crippen LogP contribution in [0.4, 0.5) is 5.69 Å². The first-order chi connectivity index (χ1) is 17.8. The number of carbonyl (C=O) groups excluding carboxylic acids is 2. The summed E-state index contributed by atoms with van der Waals surface area (Å²) >= 11 is 6.46. The molecule has 3 fully saturated rings. The lowest BCUT2D eigenvalue weighted by molar-refractivity contribution is -0.151. The Hall–Kier alpha value is -3.20. The molecule has 0 aliphatic carbocycles. The van der Waals surface area contributed by atoms with Gasteiger partial charge in [0.25, 0.3) is 5.91 Å². The second-order valence-corrected chi connectivity index (χ2v) is 10.3. The van der Waals surface area contributed by atoms with E-state index in [0.717, 1.165) is 5.56 Å². The van der Waals surface area contributed by atoms with E-state index in [2.05, 4.69) is 6.58 Å². The predicted molar refractivity (Wildman–Crippen MR) is 137 cm³/mol. The van der Waals surface area contributed by atoms with Crippen molar-refractivity contribution in [3.05, 3.63) is 77.8 Å². The van der Waals surface area contributed by atoms with Crippen LogP contribution in [0, 0.1) is 11.8 Å². The highest BCUT2D eigenvalue weighted by atomic mass is 35.5. The Balaban J connectivity index is 1.62. The first kappa shape index (κ1) is 25.4. The molecule has 2 amide bonds. The minimum Gasteiger partial charge on any atom is -0.481 e. The summed E-state index contributed by atoms with van der Waals surface area (Å²) in [5.74, 6) is -4.09. The molecule has 2 bridgehead atoms. The van der Waals surface area contributed by atoms with Crippen LogP contribution in [0.15, 0.2) is 67.3 Å². The van der Waals surface area contributed by atoms with Crippen molar-refractivity contribution in [1.82, 2.24) is 4.90 Å². The van der Waals surface area contributed by atoms with Gasteiger partial charge in [0.05, 0.1) is 41.3 Å². The highest BCUT2D eigenvalue weighted by Crippen LogP contribution is 2.59. The zero-order valence-corrected chi connectivity index (χ0v) is 21.0. The summed E-state index contributed by atoms with van der Waals surface area (Å²) in [6.45, 7) is 3.51. The molecule has 0 unspecified atom stereocenters. The number of hydrogen-bond acceptors (Lipinski definition) is 5. The Morgan fingerprint density at radius 2 is 1.92 bits per heavy atom. The summed E-state index contributed by atoms with van der Waals surface area (Å²) in [5, 5.41) is 20.8. The van der Waals surface area contributed by atoms with Crippen molar-refractivity contribution < 1.29 is 29.3 Å². The van der Waals surface area contributed by atoms with Crippen LogP contribution in [-0.2, 0) is 25.5 Å². The average molecular weight is 525 g/mol. The maximum Gasteiger partial charge on any atom is 0.310 e. The van der Waals surface area contributed by atoms with Crippen molar-refractivity contribution in [3.63, 3.8) is 0 Å². The fourth-order valence-corrected chi connectivity index (χ4v) is 6.67. The van der Waals surface area contributed by atoms with Gasteiger partial charge in [0.15, 0.2) is 0 Å². The number of fused-ring (bicyclic) bond motifs is 1. The smallest absolute Gasteiger partial charge is 0.310 e. The molecule has 2 N–H and O–H groups in total. The van der Waals surface area contributed by atoms with Crippen molar-refractivity contribution in [2.24, 2.45) is 11.8 Å². The lowest BCUT2D eigenvalue weighted by Crippen LogP contribution is -2.59. The number of aliphatic hydroxyl groups excluding tert-OH is 1. The zero-order valence-electron chi connectivity index (χ0n) is 20.2. The number of anilines is 1. The molecular formula is C28H29ClN2O6. The number of likely N-dealkylation sites (tertiary alicyclic amines) is 1. The van der Waals surface area contributed by atoms with Crippen molar-refractivity contribution in [1.29, 1.82) is 0 Å². The van der Waals surface area contributed by atoms with E-state index in [9.17, 15) is 24.6 Å². The molecule has 2 aromatic carbocycles. The van der Waals surface area contributed by atoms with Crippen molar-refractivity contribution in [2.75, 3.05) is 18.1 Å². The number of nitrogens with zero attached hydrogens (tertiary/aromatic N) is 2. The number of amides is 2. The maximum absolute atomic E-state index is 14.4. The van der Waals surface area contributed by atoms with Gasteiger partial charge < -0.3 is 24.7 Å². The first-order valence-corrected chi connectivity index (χ1v) is 12.8. The minimum absolute atomic E-state index is 0.121. The molecule has 2 aromatic rings. The number of aliphatic hydroxyl groups is 1. The molecule has 37 heavy (non-hydrogen) atoms. The number of hydrogen-bond donors (Lipinski definition) is 2. The molecule has 3 aliphatic heterocycles. The van der Waals surface area contributed by atoms with E-state index in [1.54, 1.807) is 30.3 Å².